The normalized spacial score (nSPS) is 28.0. The molecule has 194 valence electrons. The number of rotatable bonds is 10. The second-order valence-electron chi connectivity index (χ2n) is 11.0. The Morgan fingerprint density at radius 2 is 1.80 bits per heavy atom. The van der Waals surface area contributed by atoms with Crippen LogP contribution in [0.1, 0.15) is 56.9 Å². The molecule has 3 fully saturated rings. The van der Waals surface area contributed by atoms with Gasteiger partial charge in [0.05, 0.1) is 24.3 Å². The minimum atomic E-state index is -0.772. The van der Waals surface area contributed by atoms with Gasteiger partial charge in [-0.15, -0.1) is 0 Å². The third kappa shape index (κ3) is 5.20. The van der Waals surface area contributed by atoms with Gasteiger partial charge in [-0.3, -0.25) is 9.69 Å². The molecular formula is C27H42N4O4. The molecule has 1 spiro atoms. The van der Waals surface area contributed by atoms with Gasteiger partial charge in [-0.25, -0.2) is 4.79 Å². The van der Waals surface area contributed by atoms with Crippen molar-refractivity contribution in [2.45, 2.75) is 68.0 Å². The van der Waals surface area contributed by atoms with Gasteiger partial charge in [0.1, 0.15) is 0 Å². The first-order chi connectivity index (χ1) is 16.7. The van der Waals surface area contributed by atoms with E-state index in [0.717, 1.165) is 44.9 Å². The van der Waals surface area contributed by atoms with E-state index in [1.807, 2.05) is 9.80 Å². The average molecular weight is 487 g/mol. The van der Waals surface area contributed by atoms with Crippen LogP contribution in [0.3, 0.4) is 0 Å². The van der Waals surface area contributed by atoms with E-state index in [2.05, 4.69) is 54.6 Å². The maximum absolute atomic E-state index is 13.6. The molecule has 0 unspecified atom stereocenters. The fourth-order valence-corrected chi connectivity index (χ4v) is 6.25. The van der Waals surface area contributed by atoms with Crippen molar-refractivity contribution in [1.29, 1.82) is 0 Å². The number of benzene rings is 1. The number of carbonyl (C=O) groups excluding carboxylic acids is 2. The minimum Gasteiger partial charge on any atom is -0.388 e. The SMILES string of the molecule is COCCNC(=O)CCN1C[C@]2(CC[C@](c3ccccc3)(N(C)C)CC2)N(CC2(O)CCC2)C1=O. The van der Waals surface area contributed by atoms with Crippen molar-refractivity contribution >= 4 is 11.9 Å². The number of ether oxygens (including phenoxy) is 1. The summed E-state index contributed by atoms with van der Waals surface area (Å²) < 4.78 is 4.99. The fraction of sp³-hybridized carbons (Fsp3) is 0.704. The topological polar surface area (TPSA) is 85.3 Å². The maximum Gasteiger partial charge on any atom is 0.320 e. The summed E-state index contributed by atoms with van der Waals surface area (Å²) >= 11 is 0. The molecule has 4 rings (SSSR count). The van der Waals surface area contributed by atoms with Crippen LogP contribution in [-0.4, -0.2) is 96.9 Å². The summed E-state index contributed by atoms with van der Waals surface area (Å²) in [7, 11) is 5.90. The molecule has 1 aromatic carbocycles. The van der Waals surface area contributed by atoms with Gasteiger partial charge in [0.2, 0.25) is 5.91 Å². The Kier molecular flexibility index (Phi) is 7.74. The number of amides is 3. The molecule has 3 aliphatic rings. The van der Waals surface area contributed by atoms with Crippen molar-refractivity contribution in [2.24, 2.45) is 0 Å². The van der Waals surface area contributed by atoms with Gasteiger partial charge in [0.25, 0.3) is 0 Å². The van der Waals surface area contributed by atoms with Gasteiger partial charge in [-0.1, -0.05) is 30.3 Å². The molecule has 35 heavy (non-hydrogen) atoms. The number of β-amino-alcohol motifs (C(OH)–C–C–N with tert-alkyl or cyclic N) is 1. The third-order valence-corrected chi connectivity index (χ3v) is 8.71. The number of urea groups is 1. The molecule has 2 N–H and O–H groups in total. The van der Waals surface area contributed by atoms with Crippen molar-refractivity contribution in [3.63, 3.8) is 0 Å². The van der Waals surface area contributed by atoms with Crippen LogP contribution in [0.15, 0.2) is 30.3 Å². The van der Waals surface area contributed by atoms with Crippen LogP contribution in [0.2, 0.25) is 0 Å². The van der Waals surface area contributed by atoms with Crippen molar-refractivity contribution in [1.82, 2.24) is 20.0 Å². The van der Waals surface area contributed by atoms with Gasteiger partial charge in [-0.05, 0) is 64.6 Å². The Morgan fingerprint density at radius 3 is 2.37 bits per heavy atom. The smallest absolute Gasteiger partial charge is 0.320 e. The highest BCUT2D eigenvalue weighted by molar-refractivity contribution is 5.80. The molecule has 0 bridgehead atoms. The second-order valence-corrected chi connectivity index (χ2v) is 11.0. The first-order valence-corrected chi connectivity index (χ1v) is 13.0. The number of aliphatic hydroxyl groups is 1. The van der Waals surface area contributed by atoms with Crippen LogP contribution >= 0.6 is 0 Å². The third-order valence-electron chi connectivity index (χ3n) is 8.71. The number of hydrogen-bond donors (Lipinski definition) is 2. The van der Waals surface area contributed by atoms with Crippen LogP contribution < -0.4 is 5.32 Å². The van der Waals surface area contributed by atoms with Gasteiger partial charge in [-0.2, -0.15) is 0 Å². The summed E-state index contributed by atoms with van der Waals surface area (Å²) in [6.07, 6.45) is 6.41. The first-order valence-electron chi connectivity index (χ1n) is 13.0. The molecule has 1 heterocycles. The molecule has 1 aliphatic heterocycles. The largest absolute Gasteiger partial charge is 0.388 e. The molecule has 2 aliphatic carbocycles. The quantitative estimate of drug-likeness (QED) is 0.497. The van der Waals surface area contributed by atoms with E-state index in [1.165, 1.54) is 5.56 Å². The highest BCUT2D eigenvalue weighted by Crippen LogP contribution is 2.50. The lowest BCUT2D eigenvalue weighted by Gasteiger charge is -2.52. The molecule has 0 atom stereocenters. The summed E-state index contributed by atoms with van der Waals surface area (Å²) in [5.41, 5.74) is 0.177. The molecule has 2 saturated carbocycles. The maximum atomic E-state index is 13.6. The van der Waals surface area contributed by atoms with Crippen molar-refractivity contribution in [3.05, 3.63) is 35.9 Å². The fourth-order valence-electron chi connectivity index (χ4n) is 6.25. The molecular weight excluding hydrogens is 444 g/mol. The number of nitrogens with one attached hydrogen (secondary N) is 1. The Hall–Kier alpha value is -2.16. The van der Waals surface area contributed by atoms with E-state index in [0.29, 0.717) is 32.8 Å². The van der Waals surface area contributed by atoms with E-state index >= 15 is 0 Å². The van der Waals surface area contributed by atoms with E-state index in [4.69, 9.17) is 4.74 Å². The van der Waals surface area contributed by atoms with Crippen LogP contribution in [0.4, 0.5) is 4.79 Å². The number of carbonyl (C=O) groups is 2. The zero-order chi connectivity index (χ0) is 25.1. The number of methoxy groups -OCH3 is 1. The van der Waals surface area contributed by atoms with Crippen LogP contribution in [0.25, 0.3) is 0 Å². The van der Waals surface area contributed by atoms with Crippen LogP contribution in [-0.2, 0) is 15.1 Å². The first kappa shape index (κ1) is 25.9. The summed E-state index contributed by atoms with van der Waals surface area (Å²) in [4.78, 5) is 32.0. The predicted molar refractivity (Wildman–Crippen MR) is 135 cm³/mol. The summed E-state index contributed by atoms with van der Waals surface area (Å²) in [6, 6.07) is 10.6. The van der Waals surface area contributed by atoms with Gasteiger partial charge < -0.3 is 25.0 Å². The van der Waals surface area contributed by atoms with Crippen molar-refractivity contribution in [3.8, 4) is 0 Å². The summed E-state index contributed by atoms with van der Waals surface area (Å²) in [5.74, 6) is -0.0701. The van der Waals surface area contributed by atoms with Gasteiger partial charge >= 0.3 is 6.03 Å². The number of hydrogen-bond acceptors (Lipinski definition) is 5. The predicted octanol–water partition coefficient (Wildman–Crippen LogP) is 2.56. The Balaban J connectivity index is 1.50. The van der Waals surface area contributed by atoms with E-state index in [9.17, 15) is 14.7 Å². The van der Waals surface area contributed by atoms with E-state index < -0.39 is 5.60 Å². The van der Waals surface area contributed by atoms with Crippen molar-refractivity contribution < 1.29 is 19.4 Å². The highest BCUT2D eigenvalue weighted by atomic mass is 16.5. The van der Waals surface area contributed by atoms with Gasteiger partial charge in [0.15, 0.2) is 0 Å². The number of nitrogens with zero attached hydrogens (tertiary/aromatic N) is 3. The summed E-state index contributed by atoms with van der Waals surface area (Å²) in [5, 5.41) is 13.8. The molecule has 8 nitrogen and oxygen atoms in total. The highest BCUT2D eigenvalue weighted by Gasteiger charge is 2.56. The zero-order valence-corrected chi connectivity index (χ0v) is 21.6. The van der Waals surface area contributed by atoms with Crippen molar-refractivity contribution in [2.75, 3.05) is 54.0 Å². The minimum absolute atomic E-state index is 0.0351. The van der Waals surface area contributed by atoms with Crippen LogP contribution in [0.5, 0.6) is 0 Å². The Bertz CT molecular complexity index is 878. The lowest BCUT2D eigenvalue weighted by atomic mass is 9.67. The van der Waals surface area contributed by atoms with Crippen LogP contribution in [0, 0.1) is 0 Å². The standard InChI is InChI=1S/C27H42N4O4/c1-29(2)27(22-8-5-4-6-9-22)15-13-25(14-16-27)20-30(18-10-23(32)28-17-19-35-3)24(33)31(25)21-26(34)11-7-12-26/h4-6,8-9,34H,7,10-21H2,1-3H3,(H,28,32)/t25-,27+. The average Bonchev–Trinajstić information content (AvgIpc) is 3.08. The molecule has 0 aromatic heterocycles. The molecule has 1 aromatic rings. The lowest BCUT2D eigenvalue weighted by molar-refractivity contribution is -0.121. The molecule has 1 saturated heterocycles. The molecule has 3 amide bonds. The monoisotopic (exact) mass is 486 g/mol. The lowest BCUT2D eigenvalue weighted by Crippen LogP contribution is -2.59. The van der Waals surface area contributed by atoms with E-state index in [-0.39, 0.29) is 29.4 Å². The van der Waals surface area contributed by atoms with Gasteiger partial charge in [0, 0.05) is 38.7 Å². The second kappa shape index (κ2) is 10.4. The van der Waals surface area contributed by atoms with E-state index in [1.54, 1.807) is 7.11 Å². The zero-order valence-electron chi connectivity index (χ0n) is 21.6. The Labute approximate surface area is 209 Å². The molecule has 8 heteroatoms. The Morgan fingerprint density at radius 1 is 1.11 bits per heavy atom. The summed E-state index contributed by atoms with van der Waals surface area (Å²) in [6.45, 7) is 2.34. The molecule has 0 radical (unpaired) electrons.